The second-order valence-corrected chi connectivity index (χ2v) is 12.6. The smallest absolute Gasteiger partial charge is 0.243 e. The average Bonchev–Trinajstić information content (AvgIpc) is 3.46. The number of thioether (sulfide) groups is 1. The van der Waals surface area contributed by atoms with Crippen LogP contribution in [0, 0.1) is 29.6 Å². The molecule has 0 spiro atoms. The number of nitrogen functional groups attached to an aromatic ring is 1. The van der Waals surface area contributed by atoms with Gasteiger partial charge in [0.05, 0.1) is 17.0 Å². The summed E-state index contributed by atoms with van der Waals surface area (Å²) in [5.41, 5.74) is 9.74. The van der Waals surface area contributed by atoms with E-state index in [1.807, 2.05) is 37.3 Å². The number of aromatic nitrogens is 1. The Kier molecular flexibility index (Phi) is 8.27. The molecular formula is C31H27N5O3S2. The SMILES string of the molecule is Cc1ccc(S(=O)(=O)N2CC[C@@H](Oc3ccc(-c4c(C#N)c(N)nc(SCc5ccccc5)c4C#N)cc3)C2)cc1. The summed E-state index contributed by atoms with van der Waals surface area (Å²) in [5, 5.41) is 20.4. The molecule has 4 aromatic rings. The number of benzene rings is 3. The third-order valence-corrected chi connectivity index (χ3v) is 9.77. The Morgan fingerprint density at radius 2 is 1.68 bits per heavy atom. The lowest BCUT2D eigenvalue weighted by atomic mass is 9.97. The van der Waals surface area contributed by atoms with Crippen LogP contribution in [-0.2, 0) is 15.8 Å². The fourth-order valence-electron chi connectivity index (χ4n) is 4.68. The Labute approximate surface area is 244 Å². The predicted octanol–water partition coefficient (Wildman–Crippen LogP) is 5.52. The van der Waals surface area contributed by atoms with E-state index < -0.39 is 10.0 Å². The second-order valence-electron chi connectivity index (χ2n) is 9.65. The van der Waals surface area contributed by atoms with Gasteiger partial charge in [-0.15, -0.1) is 11.8 Å². The van der Waals surface area contributed by atoms with Crippen molar-refractivity contribution in [1.29, 1.82) is 10.5 Å². The first-order chi connectivity index (χ1) is 19.8. The Hall–Kier alpha value is -4.35. The molecule has 5 rings (SSSR count). The molecule has 1 saturated heterocycles. The maximum Gasteiger partial charge on any atom is 0.243 e. The summed E-state index contributed by atoms with van der Waals surface area (Å²) < 4.78 is 33.7. The van der Waals surface area contributed by atoms with Crippen LogP contribution in [0.3, 0.4) is 0 Å². The molecule has 8 nitrogen and oxygen atoms in total. The van der Waals surface area contributed by atoms with Crippen molar-refractivity contribution in [2.24, 2.45) is 0 Å². The summed E-state index contributed by atoms with van der Waals surface area (Å²) in [6, 6.07) is 28.0. The average molecular weight is 582 g/mol. The zero-order chi connectivity index (χ0) is 29.0. The largest absolute Gasteiger partial charge is 0.489 e. The van der Waals surface area contributed by atoms with Gasteiger partial charge in [-0.1, -0.05) is 60.2 Å². The van der Waals surface area contributed by atoms with Crippen LogP contribution in [-0.4, -0.2) is 36.9 Å². The lowest BCUT2D eigenvalue weighted by Crippen LogP contribution is -2.31. The number of nitriles is 2. The van der Waals surface area contributed by atoms with Crippen molar-refractivity contribution < 1.29 is 13.2 Å². The lowest BCUT2D eigenvalue weighted by molar-refractivity contribution is 0.215. The molecule has 10 heteroatoms. The van der Waals surface area contributed by atoms with E-state index in [2.05, 4.69) is 17.1 Å². The summed E-state index contributed by atoms with van der Waals surface area (Å²) in [6.45, 7) is 2.53. The van der Waals surface area contributed by atoms with Crippen molar-refractivity contribution >= 4 is 27.6 Å². The van der Waals surface area contributed by atoms with Gasteiger partial charge in [0.2, 0.25) is 10.0 Å². The molecule has 206 valence electrons. The van der Waals surface area contributed by atoms with Gasteiger partial charge in [0.25, 0.3) is 0 Å². The Balaban J connectivity index is 1.34. The number of sulfonamides is 1. The van der Waals surface area contributed by atoms with Crippen molar-refractivity contribution in [3.63, 3.8) is 0 Å². The molecule has 1 aliphatic rings. The zero-order valence-corrected chi connectivity index (χ0v) is 24.0. The quantitative estimate of drug-likeness (QED) is 0.269. The van der Waals surface area contributed by atoms with Gasteiger partial charge in [-0.25, -0.2) is 13.4 Å². The van der Waals surface area contributed by atoms with E-state index in [1.54, 1.807) is 48.5 Å². The summed E-state index contributed by atoms with van der Waals surface area (Å²) >= 11 is 1.39. The van der Waals surface area contributed by atoms with Crippen LogP contribution in [0.5, 0.6) is 5.75 Å². The molecule has 2 heterocycles. The van der Waals surface area contributed by atoms with Gasteiger partial charge in [-0.2, -0.15) is 14.8 Å². The first-order valence-electron chi connectivity index (χ1n) is 12.9. The molecule has 3 aromatic carbocycles. The third kappa shape index (κ3) is 6.06. The van der Waals surface area contributed by atoms with Gasteiger partial charge in [0.1, 0.15) is 40.4 Å². The Morgan fingerprint density at radius 1 is 1.00 bits per heavy atom. The molecule has 1 atom stereocenters. The lowest BCUT2D eigenvalue weighted by Gasteiger charge is -2.18. The van der Waals surface area contributed by atoms with Crippen LogP contribution < -0.4 is 10.5 Å². The number of rotatable bonds is 8. The number of anilines is 1. The highest BCUT2D eigenvalue weighted by Crippen LogP contribution is 2.37. The molecule has 1 fully saturated rings. The number of ether oxygens (including phenoxy) is 1. The van der Waals surface area contributed by atoms with Gasteiger partial charge in [0.15, 0.2) is 0 Å². The number of pyridine rings is 1. The van der Waals surface area contributed by atoms with Crippen molar-refractivity contribution in [2.45, 2.75) is 35.1 Å². The first-order valence-corrected chi connectivity index (χ1v) is 15.4. The topological polar surface area (TPSA) is 133 Å². The van der Waals surface area contributed by atoms with Crippen molar-refractivity contribution in [2.75, 3.05) is 18.8 Å². The summed E-state index contributed by atoms with van der Waals surface area (Å²) in [4.78, 5) is 4.64. The fourth-order valence-corrected chi connectivity index (χ4v) is 7.12. The molecule has 0 bridgehead atoms. The molecule has 0 aliphatic carbocycles. The van der Waals surface area contributed by atoms with Gasteiger partial charge >= 0.3 is 0 Å². The van der Waals surface area contributed by atoms with Crippen LogP contribution in [0.15, 0.2) is 88.8 Å². The van der Waals surface area contributed by atoms with Gasteiger partial charge < -0.3 is 10.5 Å². The summed E-state index contributed by atoms with van der Waals surface area (Å²) in [5.74, 6) is 1.22. The van der Waals surface area contributed by atoms with E-state index in [9.17, 15) is 18.9 Å². The Morgan fingerprint density at radius 3 is 2.34 bits per heavy atom. The number of nitrogens with two attached hydrogens (primary N) is 1. The monoisotopic (exact) mass is 581 g/mol. The second kappa shape index (κ2) is 12.0. The van der Waals surface area contributed by atoms with Crippen molar-refractivity contribution in [3.8, 4) is 29.0 Å². The highest BCUT2D eigenvalue weighted by molar-refractivity contribution is 7.98. The molecule has 0 radical (unpaired) electrons. The maximum atomic E-state index is 13.0. The van der Waals surface area contributed by atoms with Crippen LogP contribution >= 0.6 is 11.8 Å². The number of hydrogen-bond acceptors (Lipinski definition) is 8. The van der Waals surface area contributed by atoms with E-state index >= 15 is 0 Å². The van der Waals surface area contributed by atoms with E-state index in [0.717, 1.165) is 11.1 Å². The molecule has 0 saturated carbocycles. The minimum atomic E-state index is -3.60. The van der Waals surface area contributed by atoms with Gasteiger partial charge in [0, 0.05) is 17.9 Å². The Bertz CT molecular complexity index is 1750. The number of aryl methyl sites for hydroxylation is 1. The normalized spacial score (nSPS) is 15.2. The van der Waals surface area contributed by atoms with E-state index in [1.165, 1.54) is 16.1 Å². The highest BCUT2D eigenvalue weighted by atomic mass is 32.2. The number of hydrogen-bond donors (Lipinski definition) is 1. The van der Waals surface area contributed by atoms with E-state index in [4.69, 9.17) is 10.5 Å². The first kappa shape index (κ1) is 28.2. The van der Waals surface area contributed by atoms with Crippen LogP contribution in [0.2, 0.25) is 0 Å². The molecule has 41 heavy (non-hydrogen) atoms. The predicted molar refractivity (Wildman–Crippen MR) is 158 cm³/mol. The molecule has 0 unspecified atom stereocenters. The zero-order valence-electron chi connectivity index (χ0n) is 22.3. The minimum absolute atomic E-state index is 0.0678. The molecule has 1 aromatic heterocycles. The molecular weight excluding hydrogens is 555 g/mol. The van der Waals surface area contributed by atoms with E-state index in [-0.39, 0.29) is 34.5 Å². The molecule has 0 amide bonds. The van der Waals surface area contributed by atoms with Crippen LogP contribution in [0.4, 0.5) is 5.82 Å². The standard InChI is InChI=1S/C31H27N5O3S2/c1-21-7-13-26(14-8-21)41(37,38)36-16-15-25(19-36)39-24-11-9-23(10-12-24)29-27(17-32)30(34)35-31(28(29)18-33)40-20-22-5-3-2-4-6-22/h2-14,25H,15-16,19-20H2,1H3,(H2,34,35)/t25-/m1/s1. The van der Waals surface area contributed by atoms with Crippen molar-refractivity contribution in [3.05, 3.63) is 101 Å². The maximum absolute atomic E-state index is 13.0. The minimum Gasteiger partial charge on any atom is -0.489 e. The molecule has 2 N–H and O–H groups in total. The highest BCUT2D eigenvalue weighted by Gasteiger charge is 2.33. The summed E-state index contributed by atoms with van der Waals surface area (Å²) in [7, 11) is -3.60. The van der Waals surface area contributed by atoms with Gasteiger partial charge in [-0.3, -0.25) is 0 Å². The van der Waals surface area contributed by atoms with E-state index in [0.29, 0.717) is 40.6 Å². The van der Waals surface area contributed by atoms with Crippen LogP contribution in [0.25, 0.3) is 11.1 Å². The van der Waals surface area contributed by atoms with Gasteiger partial charge in [-0.05, 0) is 48.7 Å². The summed E-state index contributed by atoms with van der Waals surface area (Å²) in [6.07, 6.45) is 0.260. The number of nitrogens with zero attached hydrogens (tertiary/aromatic N) is 4. The van der Waals surface area contributed by atoms with Crippen LogP contribution in [0.1, 0.15) is 28.7 Å². The molecule has 1 aliphatic heterocycles. The fraction of sp³-hybridized carbons (Fsp3) is 0.194. The third-order valence-electron chi connectivity index (χ3n) is 6.85. The van der Waals surface area contributed by atoms with Crippen molar-refractivity contribution in [1.82, 2.24) is 9.29 Å².